The van der Waals surface area contributed by atoms with Crippen molar-refractivity contribution in [3.8, 4) is 0 Å². The maximum atomic E-state index is 13.1. The topological polar surface area (TPSA) is 61.4 Å². The normalized spacial score (nSPS) is 23.4. The predicted molar refractivity (Wildman–Crippen MR) is 110 cm³/mol. The molecule has 2 aromatic rings. The summed E-state index contributed by atoms with van der Waals surface area (Å²) in [4.78, 5) is 27.4. The van der Waals surface area contributed by atoms with E-state index in [1.165, 1.54) is 24.3 Å². The Hall–Kier alpha value is -2.89. The molecule has 152 valence electrons. The van der Waals surface area contributed by atoms with Gasteiger partial charge in [-0.15, -0.1) is 0 Å². The number of piperidine rings is 2. The number of fused-ring (bicyclic) bond motifs is 2. The van der Waals surface area contributed by atoms with Gasteiger partial charge in [0.05, 0.1) is 0 Å². The van der Waals surface area contributed by atoms with E-state index in [0.717, 1.165) is 43.4 Å². The van der Waals surface area contributed by atoms with E-state index in [-0.39, 0.29) is 35.9 Å². The first-order chi connectivity index (χ1) is 14.0. The molecule has 0 aromatic heterocycles. The summed E-state index contributed by atoms with van der Waals surface area (Å²) in [7, 11) is 0. The van der Waals surface area contributed by atoms with Gasteiger partial charge < -0.3 is 15.5 Å². The SMILES string of the molecule is Cc1ccc(NC(=O)N2[C@@H]3CCC[C@@H]2CC(NC(=O)c2ccc(F)cc2)C3)cc1. The second-order valence-corrected chi connectivity index (χ2v) is 8.09. The average Bonchev–Trinajstić information content (AvgIpc) is 2.69. The molecule has 4 rings (SSSR count). The van der Waals surface area contributed by atoms with Crippen molar-refractivity contribution in [2.45, 2.75) is 57.2 Å². The third-order valence-corrected chi connectivity index (χ3v) is 5.95. The summed E-state index contributed by atoms with van der Waals surface area (Å²) in [5, 5.41) is 6.10. The van der Waals surface area contributed by atoms with Crippen molar-refractivity contribution in [2.24, 2.45) is 0 Å². The van der Waals surface area contributed by atoms with Gasteiger partial charge in [-0.1, -0.05) is 17.7 Å². The van der Waals surface area contributed by atoms with Gasteiger partial charge in [0.15, 0.2) is 0 Å². The van der Waals surface area contributed by atoms with Gasteiger partial charge in [0.1, 0.15) is 5.82 Å². The zero-order valence-corrected chi connectivity index (χ0v) is 16.5. The van der Waals surface area contributed by atoms with Crippen LogP contribution in [0.2, 0.25) is 0 Å². The quantitative estimate of drug-likeness (QED) is 0.805. The number of carbonyl (C=O) groups excluding carboxylic acids is 2. The van der Waals surface area contributed by atoms with Crippen LogP contribution in [0.4, 0.5) is 14.9 Å². The summed E-state index contributed by atoms with van der Waals surface area (Å²) >= 11 is 0. The second-order valence-electron chi connectivity index (χ2n) is 8.09. The number of nitrogens with one attached hydrogen (secondary N) is 2. The minimum atomic E-state index is -0.357. The highest BCUT2D eigenvalue weighted by atomic mass is 19.1. The lowest BCUT2D eigenvalue weighted by atomic mass is 9.82. The Labute approximate surface area is 170 Å². The van der Waals surface area contributed by atoms with E-state index in [0.29, 0.717) is 5.56 Å². The van der Waals surface area contributed by atoms with Gasteiger partial charge in [-0.2, -0.15) is 0 Å². The maximum Gasteiger partial charge on any atom is 0.322 e. The van der Waals surface area contributed by atoms with Crippen LogP contribution in [0.15, 0.2) is 48.5 Å². The van der Waals surface area contributed by atoms with E-state index in [1.807, 2.05) is 36.1 Å². The van der Waals surface area contributed by atoms with Crippen LogP contribution in [0, 0.1) is 12.7 Å². The molecule has 2 aliphatic heterocycles. The standard InChI is InChI=1S/C23H26FN3O2/c1-15-5-11-18(12-6-15)26-23(29)27-20-3-2-4-21(27)14-19(13-20)25-22(28)16-7-9-17(24)10-8-16/h5-12,19-21H,2-4,13-14H2,1H3,(H,25,28)(H,26,29)/t20-,21-/m1/s1. The monoisotopic (exact) mass is 395 g/mol. The summed E-state index contributed by atoms with van der Waals surface area (Å²) < 4.78 is 13.1. The smallest absolute Gasteiger partial charge is 0.322 e. The largest absolute Gasteiger partial charge is 0.349 e. The van der Waals surface area contributed by atoms with Gasteiger partial charge in [0.2, 0.25) is 0 Å². The molecule has 5 nitrogen and oxygen atoms in total. The zero-order valence-electron chi connectivity index (χ0n) is 16.5. The fourth-order valence-electron chi connectivity index (χ4n) is 4.53. The number of carbonyl (C=O) groups is 2. The first kappa shape index (κ1) is 19.4. The lowest BCUT2D eigenvalue weighted by Gasteiger charge is -2.48. The first-order valence-corrected chi connectivity index (χ1v) is 10.2. The van der Waals surface area contributed by atoms with Crippen molar-refractivity contribution in [3.05, 3.63) is 65.5 Å². The van der Waals surface area contributed by atoms with Crippen LogP contribution in [-0.4, -0.2) is 35.0 Å². The van der Waals surface area contributed by atoms with Gasteiger partial charge in [0.25, 0.3) is 5.91 Å². The molecule has 6 heteroatoms. The zero-order chi connectivity index (χ0) is 20.4. The molecular formula is C23H26FN3O2. The lowest BCUT2D eigenvalue weighted by molar-refractivity contribution is 0.0577. The Morgan fingerprint density at radius 2 is 1.59 bits per heavy atom. The third kappa shape index (κ3) is 4.42. The molecule has 0 spiro atoms. The molecule has 2 aliphatic rings. The van der Waals surface area contributed by atoms with Gasteiger partial charge >= 0.3 is 6.03 Å². The van der Waals surface area contributed by atoms with Crippen LogP contribution in [0.3, 0.4) is 0 Å². The highest BCUT2D eigenvalue weighted by molar-refractivity contribution is 5.94. The Balaban J connectivity index is 1.40. The molecule has 0 radical (unpaired) electrons. The first-order valence-electron chi connectivity index (χ1n) is 10.2. The third-order valence-electron chi connectivity index (χ3n) is 5.95. The molecule has 2 fully saturated rings. The number of amides is 3. The number of benzene rings is 2. The molecule has 3 amide bonds. The van der Waals surface area contributed by atoms with Crippen LogP contribution in [-0.2, 0) is 0 Å². The van der Waals surface area contributed by atoms with E-state index >= 15 is 0 Å². The number of urea groups is 1. The molecule has 2 bridgehead atoms. The summed E-state index contributed by atoms with van der Waals surface area (Å²) in [6.45, 7) is 2.01. The second kappa shape index (κ2) is 8.23. The summed E-state index contributed by atoms with van der Waals surface area (Å²) in [5.41, 5.74) is 2.40. The number of rotatable bonds is 3. The van der Waals surface area contributed by atoms with Gasteiger partial charge in [-0.25, -0.2) is 9.18 Å². The van der Waals surface area contributed by atoms with Crippen molar-refractivity contribution >= 4 is 17.6 Å². The molecule has 0 unspecified atom stereocenters. The van der Waals surface area contributed by atoms with Gasteiger partial charge in [0, 0.05) is 29.4 Å². The molecule has 2 aromatic carbocycles. The summed E-state index contributed by atoms with van der Waals surface area (Å²) in [5.74, 6) is -0.547. The Morgan fingerprint density at radius 1 is 0.966 bits per heavy atom. The lowest BCUT2D eigenvalue weighted by Crippen LogP contribution is -2.59. The van der Waals surface area contributed by atoms with Crippen molar-refractivity contribution in [1.29, 1.82) is 0 Å². The van der Waals surface area contributed by atoms with E-state index in [4.69, 9.17) is 0 Å². The van der Waals surface area contributed by atoms with Crippen LogP contribution >= 0.6 is 0 Å². The van der Waals surface area contributed by atoms with Crippen LogP contribution in [0.25, 0.3) is 0 Å². The highest BCUT2D eigenvalue weighted by Gasteiger charge is 2.41. The molecule has 2 N–H and O–H groups in total. The number of halogens is 1. The fraction of sp³-hybridized carbons (Fsp3) is 0.391. The predicted octanol–water partition coefficient (Wildman–Crippen LogP) is 4.48. The number of anilines is 1. The van der Waals surface area contributed by atoms with E-state index in [2.05, 4.69) is 10.6 Å². The molecule has 2 atom stereocenters. The Bertz CT molecular complexity index is 868. The van der Waals surface area contributed by atoms with E-state index < -0.39 is 0 Å². The number of aryl methyl sites for hydroxylation is 1. The summed E-state index contributed by atoms with van der Waals surface area (Å²) in [6, 6.07) is 13.6. The Morgan fingerprint density at radius 3 is 2.21 bits per heavy atom. The van der Waals surface area contributed by atoms with Crippen LogP contribution in [0.5, 0.6) is 0 Å². The molecule has 2 saturated heterocycles. The van der Waals surface area contributed by atoms with Crippen molar-refractivity contribution < 1.29 is 14.0 Å². The molecular weight excluding hydrogens is 369 g/mol. The van der Waals surface area contributed by atoms with Gasteiger partial charge in [-0.3, -0.25) is 4.79 Å². The number of hydrogen-bond donors (Lipinski definition) is 2. The van der Waals surface area contributed by atoms with Crippen molar-refractivity contribution in [2.75, 3.05) is 5.32 Å². The number of hydrogen-bond acceptors (Lipinski definition) is 2. The van der Waals surface area contributed by atoms with Gasteiger partial charge in [-0.05, 0) is 75.4 Å². The van der Waals surface area contributed by atoms with Crippen molar-refractivity contribution in [3.63, 3.8) is 0 Å². The molecule has 29 heavy (non-hydrogen) atoms. The average molecular weight is 395 g/mol. The Kier molecular flexibility index (Phi) is 5.51. The minimum Gasteiger partial charge on any atom is -0.349 e. The fourth-order valence-corrected chi connectivity index (χ4v) is 4.53. The van der Waals surface area contributed by atoms with Crippen LogP contribution in [0.1, 0.15) is 48.0 Å². The number of nitrogens with zero attached hydrogens (tertiary/aromatic N) is 1. The summed E-state index contributed by atoms with van der Waals surface area (Å²) in [6.07, 6.45) is 4.47. The molecule has 2 heterocycles. The molecule has 0 aliphatic carbocycles. The maximum absolute atomic E-state index is 13.1. The van der Waals surface area contributed by atoms with E-state index in [1.54, 1.807) is 0 Å². The molecule has 0 saturated carbocycles. The van der Waals surface area contributed by atoms with Crippen LogP contribution < -0.4 is 10.6 Å². The highest BCUT2D eigenvalue weighted by Crippen LogP contribution is 2.34. The van der Waals surface area contributed by atoms with Crippen molar-refractivity contribution in [1.82, 2.24) is 10.2 Å². The minimum absolute atomic E-state index is 0.0197. The van der Waals surface area contributed by atoms with E-state index in [9.17, 15) is 14.0 Å².